The van der Waals surface area contributed by atoms with Crippen LogP contribution >= 0.6 is 0 Å². The fourth-order valence-corrected chi connectivity index (χ4v) is 3.80. The predicted molar refractivity (Wildman–Crippen MR) is 62.7 cm³/mol. The lowest BCUT2D eigenvalue weighted by atomic mass is 9.94. The van der Waals surface area contributed by atoms with E-state index in [-0.39, 0.29) is 11.5 Å². The van der Waals surface area contributed by atoms with E-state index in [2.05, 4.69) is 5.32 Å². The molecule has 6 heteroatoms. The molecule has 3 N–H and O–H groups in total. The van der Waals surface area contributed by atoms with E-state index in [4.69, 9.17) is 5.73 Å². The van der Waals surface area contributed by atoms with Crippen LogP contribution in [0.1, 0.15) is 26.7 Å². The molecule has 1 amide bonds. The number of nitrogens with two attached hydrogens (primary N) is 1. The molecule has 1 unspecified atom stereocenters. The molecule has 0 aromatic carbocycles. The van der Waals surface area contributed by atoms with Crippen molar-refractivity contribution in [3.63, 3.8) is 0 Å². The molecular weight excluding hydrogens is 228 g/mol. The molecule has 16 heavy (non-hydrogen) atoms. The number of carbonyl (C=O) groups is 1. The van der Waals surface area contributed by atoms with Crippen LogP contribution in [0.4, 0.5) is 0 Å². The van der Waals surface area contributed by atoms with Gasteiger partial charge in [0.2, 0.25) is 5.91 Å². The Morgan fingerprint density at radius 2 is 2.12 bits per heavy atom. The lowest BCUT2D eigenvalue weighted by Gasteiger charge is -2.35. The van der Waals surface area contributed by atoms with E-state index in [1.165, 1.54) is 0 Å². The summed E-state index contributed by atoms with van der Waals surface area (Å²) in [6, 6.07) is 0. The summed E-state index contributed by atoms with van der Waals surface area (Å²) in [5, 5.41) is 3.04. The van der Waals surface area contributed by atoms with E-state index in [0.29, 0.717) is 25.3 Å². The van der Waals surface area contributed by atoms with Crippen molar-refractivity contribution in [2.24, 2.45) is 11.7 Å². The molecule has 0 aliphatic carbocycles. The molecule has 1 aliphatic heterocycles. The van der Waals surface area contributed by atoms with Gasteiger partial charge in [-0.25, -0.2) is 8.42 Å². The Balaban J connectivity index is 2.84. The van der Waals surface area contributed by atoms with Crippen LogP contribution in [0.3, 0.4) is 0 Å². The first kappa shape index (κ1) is 13.4. The summed E-state index contributed by atoms with van der Waals surface area (Å²) in [5.74, 6) is -0.217. The topological polar surface area (TPSA) is 89.3 Å². The molecule has 1 heterocycles. The van der Waals surface area contributed by atoms with Crippen LogP contribution in [0.2, 0.25) is 0 Å². The fourth-order valence-electron chi connectivity index (χ4n) is 1.93. The van der Waals surface area contributed by atoms with E-state index < -0.39 is 21.3 Å². The highest BCUT2D eigenvalue weighted by molar-refractivity contribution is 7.91. The van der Waals surface area contributed by atoms with Crippen molar-refractivity contribution in [3.05, 3.63) is 0 Å². The van der Waals surface area contributed by atoms with E-state index >= 15 is 0 Å². The number of hydrogen-bond donors (Lipinski definition) is 2. The highest BCUT2D eigenvalue weighted by Gasteiger charge is 2.43. The second-order valence-electron chi connectivity index (χ2n) is 4.92. The average molecular weight is 248 g/mol. The van der Waals surface area contributed by atoms with Crippen molar-refractivity contribution in [1.29, 1.82) is 0 Å². The van der Waals surface area contributed by atoms with E-state index in [9.17, 15) is 13.2 Å². The van der Waals surface area contributed by atoms with Crippen molar-refractivity contribution in [1.82, 2.24) is 5.32 Å². The van der Waals surface area contributed by atoms with Crippen LogP contribution in [0.15, 0.2) is 0 Å². The molecule has 0 aromatic heterocycles. The zero-order valence-electron chi connectivity index (χ0n) is 9.82. The van der Waals surface area contributed by atoms with Crippen LogP contribution < -0.4 is 11.1 Å². The highest BCUT2D eigenvalue weighted by Crippen LogP contribution is 2.23. The van der Waals surface area contributed by atoms with Gasteiger partial charge in [0.25, 0.3) is 0 Å². The van der Waals surface area contributed by atoms with Crippen LogP contribution in [0, 0.1) is 5.92 Å². The van der Waals surface area contributed by atoms with Crippen LogP contribution in [-0.2, 0) is 14.6 Å². The molecule has 1 aliphatic rings. The summed E-state index contributed by atoms with van der Waals surface area (Å²) in [5.41, 5.74) is 4.29. The van der Waals surface area contributed by atoms with Crippen LogP contribution in [0.25, 0.3) is 0 Å². The van der Waals surface area contributed by atoms with Crippen molar-refractivity contribution in [3.8, 4) is 0 Å². The van der Waals surface area contributed by atoms with Gasteiger partial charge in [-0.2, -0.15) is 0 Å². The van der Waals surface area contributed by atoms with Crippen LogP contribution in [0.5, 0.6) is 0 Å². The fraction of sp³-hybridized carbons (Fsp3) is 0.900. The summed E-state index contributed by atoms with van der Waals surface area (Å²) in [4.78, 5) is 11.5. The molecule has 1 rings (SSSR count). The van der Waals surface area contributed by atoms with Crippen LogP contribution in [-0.4, -0.2) is 37.9 Å². The number of hydrogen-bond acceptors (Lipinski definition) is 4. The number of amides is 1. The number of carbonyl (C=O) groups excluding carboxylic acids is 1. The minimum atomic E-state index is -3.15. The molecule has 0 radical (unpaired) electrons. The molecule has 0 spiro atoms. The first-order valence-electron chi connectivity index (χ1n) is 5.53. The lowest BCUT2D eigenvalue weighted by Crippen LogP contribution is -2.62. The normalized spacial score (nSPS) is 29.2. The maximum Gasteiger partial charge on any atom is 0.238 e. The number of nitrogens with one attached hydrogen (secondary N) is 1. The third kappa shape index (κ3) is 3.18. The molecule has 1 atom stereocenters. The monoisotopic (exact) mass is 248 g/mol. The highest BCUT2D eigenvalue weighted by atomic mass is 32.2. The van der Waals surface area contributed by atoms with E-state index in [1.807, 2.05) is 13.8 Å². The van der Waals surface area contributed by atoms with Crippen molar-refractivity contribution in [2.75, 3.05) is 18.1 Å². The number of primary amides is 1. The minimum absolute atomic E-state index is 0.158. The molecule has 5 nitrogen and oxygen atoms in total. The predicted octanol–water partition coefficient (Wildman–Crippen LogP) is -0.335. The van der Waals surface area contributed by atoms with Gasteiger partial charge in [-0.1, -0.05) is 13.8 Å². The molecule has 0 saturated carbocycles. The average Bonchev–Trinajstić information content (AvgIpc) is 2.13. The first-order chi connectivity index (χ1) is 7.27. The Morgan fingerprint density at radius 1 is 1.50 bits per heavy atom. The second kappa shape index (κ2) is 4.71. The van der Waals surface area contributed by atoms with Gasteiger partial charge in [0.1, 0.15) is 5.54 Å². The SMILES string of the molecule is CC(C)CNC1(C(N)=O)CCCS(=O)(=O)C1. The van der Waals surface area contributed by atoms with E-state index in [1.54, 1.807) is 0 Å². The summed E-state index contributed by atoms with van der Waals surface area (Å²) in [6.45, 7) is 4.59. The molecule has 0 bridgehead atoms. The Labute approximate surface area is 96.7 Å². The third-order valence-electron chi connectivity index (χ3n) is 2.85. The van der Waals surface area contributed by atoms with Crippen molar-refractivity contribution < 1.29 is 13.2 Å². The van der Waals surface area contributed by atoms with Crippen molar-refractivity contribution >= 4 is 15.7 Å². The maximum absolute atomic E-state index is 11.6. The quantitative estimate of drug-likeness (QED) is 0.712. The molecular formula is C10H20N2O3S. The maximum atomic E-state index is 11.6. The summed E-state index contributed by atoms with van der Waals surface area (Å²) in [6.07, 6.45) is 1.00. The van der Waals surface area contributed by atoms with Gasteiger partial charge in [-0.15, -0.1) is 0 Å². The summed E-state index contributed by atoms with van der Waals surface area (Å²) >= 11 is 0. The zero-order valence-corrected chi connectivity index (χ0v) is 10.6. The third-order valence-corrected chi connectivity index (χ3v) is 4.69. The van der Waals surface area contributed by atoms with Gasteiger partial charge >= 0.3 is 0 Å². The molecule has 1 saturated heterocycles. The van der Waals surface area contributed by atoms with Gasteiger partial charge in [-0.3, -0.25) is 4.79 Å². The van der Waals surface area contributed by atoms with Gasteiger partial charge in [0, 0.05) is 0 Å². The summed E-state index contributed by atoms with van der Waals surface area (Å²) in [7, 11) is -3.15. The molecule has 94 valence electrons. The van der Waals surface area contributed by atoms with E-state index in [0.717, 1.165) is 0 Å². The Bertz CT molecular complexity index is 364. The summed E-state index contributed by atoms with van der Waals surface area (Å²) < 4.78 is 23.1. The minimum Gasteiger partial charge on any atom is -0.368 e. The van der Waals surface area contributed by atoms with Gasteiger partial charge < -0.3 is 11.1 Å². The van der Waals surface area contributed by atoms with Gasteiger partial charge in [0.15, 0.2) is 9.84 Å². The molecule has 1 fully saturated rings. The van der Waals surface area contributed by atoms with Gasteiger partial charge in [-0.05, 0) is 25.3 Å². The number of sulfone groups is 1. The molecule has 0 aromatic rings. The Kier molecular flexibility index (Phi) is 3.96. The lowest BCUT2D eigenvalue weighted by molar-refractivity contribution is -0.124. The first-order valence-corrected chi connectivity index (χ1v) is 7.35. The second-order valence-corrected chi connectivity index (χ2v) is 7.10. The standard InChI is InChI=1S/C10H20N2O3S/c1-8(2)6-12-10(9(11)13)4-3-5-16(14,15)7-10/h8,12H,3-7H2,1-2H3,(H2,11,13). The number of rotatable bonds is 4. The van der Waals surface area contributed by atoms with Crippen molar-refractivity contribution in [2.45, 2.75) is 32.2 Å². The largest absolute Gasteiger partial charge is 0.368 e. The van der Waals surface area contributed by atoms with Gasteiger partial charge in [0.05, 0.1) is 11.5 Å². The zero-order chi connectivity index (χ0) is 12.4. The Morgan fingerprint density at radius 3 is 2.56 bits per heavy atom. The Hall–Kier alpha value is -0.620. The smallest absolute Gasteiger partial charge is 0.238 e.